The molecule has 2 atom stereocenters. The highest BCUT2D eigenvalue weighted by Gasteiger charge is 2.44. The number of aryl methyl sites for hydroxylation is 1. The van der Waals surface area contributed by atoms with Crippen LogP contribution in [0, 0.1) is 11.6 Å². The van der Waals surface area contributed by atoms with Crippen LogP contribution in [0.1, 0.15) is 37.8 Å². The van der Waals surface area contributed by atoms with Crippen molar-refractivity contribution in [3.63, 3.8) is 0 Å². The van der Waals surface area contributed by atoms with Crippen LogP contribution in [0.4, 0.5) is 14.6 Å². The van der Waals surface area contributed by atoms with Gasteiger partial charge in [-0.1, -0.05) is 0 Å². The van der Waals surface area contributed by atoms with Crippen molar-refractivity contribution >= 4 is 15.8 Å². The third-order valence-electron chi connectivity index (χ3n) is 5.56. The Kier molecular flexibility index (Phi) is 5.38. The molecule has 0 aliphatic heterocycles. The summed E-state index contributed by atoms with van der Waals surface area (Å²) in [5, 5.41) is 4.18. The molecule has 0 unspecified atom stereocenters. The highest BCUT2D eigenvalue weighted by atomic mass is 32.2. The predicted octanol–water partition coefficient (Wildman–Crippen LogP) is 3.39. The Hall–Kier alpha value is -3.08. The van der Waals surface area contributed by atoms with Crippen molar-refractivity contribution in [2.45, 2.75) is 42.6 Å². The molecule has 2 aromatic heterocycles. The van der Waals surface area contributed by atoms with Crippen LogP contribution in [-0.2, 0) is 17.1 Å². The molecule has 1 aromatic carbocycles. The number of rotatable bonds is 6. The molecule has 1 fully saturated rings. The number of benzene rings is 1. The maximum atomic E-state index is 14.8. The fraction of sp³-hybridized carbons (Fsp3) is 0.350. The Morgan fingerprint density at radius 1 is 1.23 bits per heavy atom. The summed E-state index contributed by atoms with van der Waals surface area (Å²) in [6, 6.07) is 4.56. The summed E-state index contributed by atoms with van der Waals surface area (Å²) in [6.07, 6.45) is 6.44. The third-order valence-corrected chi connectivity index (χ3v) is 6.93. The minimum Gasteiger partial charge on any atom is -0.484 e. The minimum atomic E-state index is -4.40. The fourth-order valence-corrected chi connectivity index (χ4v) is 5.12. The summed E-state index contributed by atoms with van der Waals surface area (Å²) in [5.41, 5.74) is 0.148. The van der Waals surface area contributed by atoms with Gasteiger partial charge in [0.25, 0.3) is 10.0 Å². The van der Waals surface area contributed by atoms with Crippen molar-refractivity contribution in [3.05, 3.63) is 60.3 Å². The highest BCUT2D eigenvalue weighted by molar-refractivity contribution is 7.92. The van der Waals surface area contributed by atoms with Crippen LogP contribution >= 0.6 is 0 Å². The number of anilines is 1. The Morgan fingerprint density at radius 2 is 2.03 bits per heavy atom. The summed E-state index contributed by atoms with van der Waals surface area (Å²) >= 11 is 0. The molecule has 1 N–H and O–H groups in total. The predicted molar refractivity (Wildman–Crippen MR) is 108 cm³/mol. The van der Waals surface area contributed by atoms with Gasteiger partial charge in [-0.25, -0.2) is 27.2 Å². The Morgan fingerprint density at radius 3 is 2.71 bits per heavy atom. The van der Waals surface area contributed by atoms with Gasteiger partial charge in [-0.2, -0.15) is 5.10 Å². The monoisotopic (exact) mass is 449 g/mol. The topological polar surface area (TPSA) is 99.0 Å². The van der Waals surface area contributed by atoms with Crippen LogP contribution in [0.15, 0.2) is 47.9 Å². The van der Waals surface area contributed by atoms with E-state index in [0.717, 1.165) is 30.9 Å². The van der Waals surface area contributed by atoms with Gasteiger partial charge < -0.3 is 4.74 Å². The van der Waals surface area contributed by atoms with Crippen molar-refractivity contribution in [1.29, 1.82) is 0 Å². The molecule has 1 aliphatic carbocycles. The molecule has 0 amide bonds. The molecule has 0 spiro atoms. The zero-order valence-corrected chi connectivity index (χ0v) is 17.7. The number of nitrogens with one attached hydrogen (secondary N) is 1. The number of ether oxygens (including phenoxy) is 1. The van der Waals surface area contributed by atoms with Crippen LogP contribution in [-0.4, -0.2) is 33.8 Å². The number of aromatic nitrogens is 4. The van der Waals surface area contributed by atoms with Crippen LogP contribution in [0.2, 0.25) is 0 Å². The van der Waals surface area contributed by atoms with Crippen molar-refractivity contribution in [1.82, 2.24) is 19.7 Å². The quantitative estimate of drug-likeness (QED) is 0.619. The van der Waals surface area contributed by atoms with E-state index in [1.165, 1.54) is 12.3 Å². The molecule has 0 radical (unpaired) electrons. The Bertz CT molecular complexity index is 1200. The molecule has 8 nitrogen and oxygen atoms in total. The third kappa shape index (κ3) is 4.09. The molecule has 164 valence electrons. The summed E-state index contributed by atoms with van der Waals surface area (Å²) in [5.74, 6) is -2.56. The SMILES string of the molecule is Cn1nccc1[C@H]1CCC[C@@]1(C)Oc1cc(F)c(S(=O)(=O)Nc2ccncn2)cc1F. The first kappa shape index (κ1) is 21.2. The molecule has 0 saturated heterocycles. The van der Waals surface area contributed by atoms with Crippen LogP contribution in [0.25, 0.3) is 0 Å². The van der Waals surface area contributed by atoms with E-state index in [4.69, 9.17) is 4.74 Å². The summed E-state index contributed by atoms with van der Waals surface area (Å²) in [4.78, 5) is 6.56. The lowest BCUT2D eigenvalue weighted by molar-refractivity contribution is 0.0699. The average molecular weight is 449 g/mol. The van der Waals surface area contributed by atoms with E-state index in [9.17, 15) is 17.2 Å². The zero-order chi connectivity index (χ0) is 22.2. The Balaban J connectivity index is 1.62. The smallest absolute Gasteiger partial charge is 0.266 e. The van der Waals surface area contributed by atoms with E-state index < -0.39 is 32.2 Å². The molecule has 4 rings (SSSR count). The molecular formula is C20H21F2N5O3S. The van der Waals surface area contributed by atoms with E-state index in [1.807, 2.05) is 20.0 Å². The molecule has 0 bridgehead atoms. The van der Waals surface area contributed by atoms with E-state index in [-0.39, 0.29) is 17.5 Å². The minimum absolute atomic E-state index is 0.0624. The van der Waals surface area contributed by atoms with Gasteiger partial charge in [-0.3, -0.25) is 9.40 Å². The zero-order valence-electron chi connectivity index (χ0n) is 16.9. The van der Waals surface area contributed by atoms with Crippen molar-refractivity contribution in [2.75, 3.05) is 4.72 Å². The van der Waals surface area contributed by atoms with Gasteiger partial charge in [-0.05, 0) is 38.3 Å². The van der Waals surface area contributed by atoms with E-state index in [0.29, 0.717) is 12.5 Å². The second-order valence-electron chi connectivity index (χ2n) is 7.65. The largest absolute Gasteiger partial charge is 0.484 e. The number of halogens is 2. The van der Waals surface area contributed by atoms with Gasteiger partial charge >= 0.3 is 0 Å². The van der Waals surface area contributed by atoms with E-state index in [1.54, 1.807) is 10.9 Å². The van der Waals surface area contributed by atoms with Gasteiger partial charge in [-0.15, -0.1) is 0 Å². The van der Waals surface area contributed by atoms with Gasteiger partial charge in [0.05, 0.1) is 0 Å². The normalized spacial score (nSPS) is 21.2. The lowest BCUT2D eigenvalue weighted by Gasteiger charge is -2.33. The standard InChI is InChI=1S/C20H21F2N5O3S/c1-20(7-3-4-13(20)16-5-9-25-27(16)2)30-17-10-15(22)18(11-14(17)21)31(28,29)26-19-6-8-23-12-24-19/h5-6,8-13H,3-4,7H2,1-2H3,(H,23,24,26)/t13-,20-/m1/s1. The summed E-state index contributed by atoms with van der Waals surface area (Å²) < 4.78 is 64.4. The number of sulfonamides is 1. The van der Waals surface area contributed by atoms with Gasteiger partial charge in [0.2, 0.25) is 0 Å². The van der Waals surface area contributed by atoms with Crippen molar-refractivity contribution in [3.8, 4) is 5.75 Å². The first-order valence-electron chi connectivity index (χ1n) is 9.64. The molecular weight excluding hydrogens is 428 g/mol. The van der Waals surface area contributed by atoms with Crippen molar-refractivity contribution in [2.24, 2.45) is 7.05 Å². The highest BCUT2D eigenvalue weighted by Crippen LogP contribution is 2.45. The van der Waals surface area contributed by atoms with Gasteiger partial charge in [0, 0.05) is 43.2 Å². The number of hydrogen-bond acceptors (Lipinski definition) is 6. The van der Waals surface area contributed by atoms with Crippen LogP contribution < -0.4 is 9.46 Å². The maximum Gasteiger partial charge on any atom is 0.266 e. The Labute approximate surface area is 178 Å². The molecule has 31 heavy (non-hydrogen) atoms. The molecule has 1 aliphatic rings. The number of nitrogens with zero attached hydrogens (tertiary/aromatic N) is 4. The lowest BCUT2D eigenvalue weighted by atomic mass is 9.89. The van der Waals surface area contributed by atoms with Crippen LogP contribution in [0.3, 0.4) is 0 Å². The second-order valence-corrected chi connectivity index (χ2v) is 9.30. The fourth-order valence-electron chi connectivity index (χ4n) is 4.03. The second kappa shape index (κ2) is 7.88. The molecule has 2 heterocycles. The van der Waals surface area contributed by atoms with Crippen LogP contribution in [0.5, 0.6) is 5.75 Å². The first-order chi connectivity index (χ1) is 14.7. The molecule has 11 heteroatoms. The molecule has 1 saturated carbocycles. The van der Waals surface area contributed by atoms with Gasteiger partial charge in [0.1, 0.15) is 28.5 Å². The molecule has 3 aromatic rings. The summed E-state index contributed by atoms with van der Waals surface area (Å²) in [6.45, 7) is 1.84. The number of hydrogen-bond donors (Lipinski definition) is 1. The van der Waals surface area contributed by atoms with Crippen molar-refractivity contribution < 1.29 is 21.9 Å². The van der Waals surface area contributed by atoms with Gasteiger partial charge in [0.15, 0.2) is 11.6 Å². The van der Waals surface area contributed by atoms with E-state index in [2.05, 4.69) is 19.8 Å². The summed E-state index contributed by atoms with van der Waals surface area (Å²) in [7, 11) is -2.58. The lowest BCUT2D eigenvalue weighted by Crippen LogP contribution is -2.36. The first-order valence-corrected chi connectivity index (χ1v) is 11.1. The van der Waals surface area contributed by atoms with E-state index >= 15 is 0 Å². The maximum absolute atomic E-state index is 14.8. The average Bonchev–Trinajstić information content (AvgIpc) is 3.29.